The fraction of sp³-hybridized carbons (Fsp3) is 0.600. The molecule has 0 bridgehead atoms. The normalized spacial score (nSPS) is 25.0. The Labute approximate surface area is 183 Å². The van der Waals surface area contributed by atoms with Crippen molar-refractivity contribution >= 4 is 30.7 Å². The highest BCUT2D eigenvalue weighted by molar-refractivity contribution is 5.85. The standard InChI is InChI=1S/C20H27N5O2.2ClH/c1-20(21)10-4-2-6-15(20)19(26)25-12-8-14(9-13-25)18-23-17(24-27-18)16-7-3-5-11-22-16;;/h3,5,7,11,14-15H,2,4,6,8-10,12-13,21H2,1H3;2*1H. The third kappa shape index (κ3) is 5.08. The van der Waals surface area contributed by atoms with Crippen molar-refractivity contribution in [2.75, 3.05) is 13.1 Å². The van der Waals surface area contributed by atoms with Crippen molar-refractivity contribution in [2.24, 2.45) is 11.7 Å². The zero-order valence-corrected chi connectivity index (χ0v) is 18.3. The van der Waals surface area contributed by atoms with Crippen LogP contribution < -0.4 is 5.73 Å². The van der Waals surface area contributed by atoms with Crippen LogP contribution in [0.4, 0.5) is 0 Å². The summed E-state index contributed by atoms with van der Waals surface area (Å²) in [6.07, 6.45) is 7.44. The average molecular weight is 442 g/mol. The number of nitrogens with two attached hydrogens (primary N) is 1. The van der Waals surface area contributed by atoms with Gasteiger partial charge in [0.25, 0.3) is 0 Å². The van der Waals surface area contributed by atoms with E-state index in [1.807, 2.05) is 30.0 Å². The van der Waals surface area contributed by atoms with Crippen molar-refractivity contribution in [3.63, 3.8) is 0 Å². The molecule has 9 heteroatoms. The molecule has 1 amide bonds. The van der Waals surface area contributed by atoms with Crippen molar-refractivity contribution in [1.82, 2.24) is 20.0 Å². The number of amides is 1. The Balaban J connectivity index is 0.00000150. The summed E-state index contributed by atoms with van der Waals surface area (Å²) in [5.74, 6) is 1.52. The van der Waals surface area contributed by atoms with Gasteiger partial charge < -0.3 is 15.2 Å². The zero-order valence-electron chi connectivity index (χ0n) is 16.6. The van der Waals surface area contributed by atoms with Crippen LogP contribution in [0.2, 0.25) is 0 Å². The lowest BCUT2D eigenvalue weighted by atomic mass is 9.73. The lowest BCUT2D eigenvalue weighted by Crippen LogP contribution is -2.54. The second-order valence-electron chi connectivity index (χ2n) is 8.07. The maximum absolute atomic E-state index is 13.0. The molecule has 0 radical (unpaired) electrons. The largest absolute Gasteiger partial charge is 0.342 e. The van der Waals surface area contributed by atoms with E-state index in [2.05, 4.69) is 15.1 Å². The number of aromatic nitrogens is 3. The molecule has 0 aromatic carbocycles. The number of hydrogen-bond acceptors (Lipinski definition) is 6. The number of carbonyl (C=O) groups is 1. The molecule has 1 aliphatic heterocycles. The van der Waals surface area contributed by atoms with Crippen LogP contribution in [-0.2, 0) is 4.79 Å². The van der Waals surface area contributed by atoms with Crippen molar-refractivity contribution in [1.29, 1.82) is 0 Å². The summed E-state index contributed by atoms with van der Waals surface area (Å²) in [5, 5.41) is 4.06. The number of piperidine rings is 1. The molecule has 1 aliphatic carbocycles. The van der Waals surface area contributed by atoms with E-state index in [4.69, 9.17) is 10.3 Å². The van der Waals surface area contributed by atoms with Crippen molar-refractivity contribution in [2.45, 2.75) is 56.9 Å². The number of pyridine rings is 1. The Morgan fingerprint density at radius 3 is 2.62 bits per heavy atom. The number of nitrogens with zero attached hydrogens (tertiary/aromatic N) is 4. The molecule has 2 fully saturated rings. The maximum atomic E-state index is 13.0. The lowest BCUT2D eigenvalue weighted by molar-refractivity contribution is -0.140. The summed E-state index contributed by atoms with van der Waals surface area (Å²) in [6, 6.07) is 5.62. The zero-order chi connectivity index (χ0) is 18.9. The van der Waals surface area contributed by atoms with E-state index in [0.29, 0.717) is 17.4 Å². The average Bonchev–Trinajstić information content (AvgIpc) is 3.18. The molecule has 29 heavy (non-hydrogen) atoms. The van der Waals surface area contributed by atoms with Crippen molar-refractivity contribution < 1.29 is 9.32 Å². The smallest absolute Gasteiger partial charge is 0.230 e. The Morgan fingerprint density at radius 1 is 1.21 bits per heavy atom. The summed E-state index contributed by atoms with van der Waals surface area (Å²) in [5.41, 5.74) is 6.75. The number of likely N-dealkylation sites (tertiary alicyclic amines) is 1. The van der Waals surface area contributed by atoms with E-state index in [1.165, 1.54) is 0 Å². The predicted octanol–water partition coefficient (Wildman–Crippen LogP) is 3.59. The van der Waals surface area contributed by atoms with Crippen molar-refractivity contribution in [3.05, 3.63) is 30.3 Å². The molecule has 2 aromatic rings. The molecule has 2 unspecified atom stereocenters. The van der Waals surface area contributed by atoms with Crippen LogP contribution in [0.1, 0.15) is 57.3 Å². The first-order valence-electron chi connectivity index (χ1n) is 9.87. The Morgan fingerprint density at radius 2 is 1.97 bits per heavy atom. The summed E-state index contributed by atoms with van der Waals surface area (Å²) in [4.78, 5) is 23.7. The first-order chi connectivity index (χ1) is 13.0. The van der Waals surface area contributed by atoms with Gasteiger partial charge in [0.2, 0.25) is 17.6 Å². The molecule has 7 nitrogen and oxygen atoms in total. The molecule has 2 N–H and O–H groups in total. The fourth-order valence-electron chi connectivity index (χ4n) is 4.33. The molecular formula is C20H29Cl2N5O2. The number of hydrogen-bond donors (Lipinski definition) is 1. The third-order valence-corrected chi connectivity index (χ3v) is 6.04. The van der Waals surface area contributed by atoms with Crippen LogP contribution in [0.25, 0.3) is 11.5 Å². The van der Waals surface area contributed by atoms with E-state index in [1.54, 1.807) is 6.20 Å². The monoisotopic (exact) mass is 441 g/mol. The molecule has 2 aromatic heterocycles. The number of halogens is 2. The summed E-state index contributed by atoms with van der Waals surface area (Å²) >= 11 is 0. The van der Waals surface area contributed by atoms with Gasteiger partial charge in [0.05, 0.1) is 5.92 Å². The maximum Gasteiger partial charge on any atom is 0.230 e. The highest BCUT2D eigenvalue weighted by Crippen LogP contribution is 2.35. The minimum atomic E-state index is -0.379. The predicted molar refractivity (Wildman–Crippen MR) is 115 cm³/mol. The molecule has 1 saturated heterocycles. The molecule has 1 saturated carbocycles. The molecule has 2 aliphatic rings. The second-order valence-corrected chi connectivity index (χ2v) is 8.07. The van der Waals surface area contributed by atoms with Gasteiger partial charge in [-0.1, -0.05) is 24.1 Å². The van der Waals surface area contributed by atoms with Gasteiger partial charge in [0, 0.05) is 30.7 Å². The van der Waals surface area contributed by atoms with Crippen LogP contribution in [-0.4, -0.2) is 44.6 Å². The van der Waals surface area contributed by atoms with Crippen LogP contribution in [0.15, 0.2) is 28.9 Å². The van der Waals surface area contributed by atoms with Gasteiger partial charge >= 0.3 is 0 Å². The lowest BCUT2D eigenvalue weighted by Gasteiger charge is -2.41. The van der Waals surface area contributed by atoms with Gasteiger partial charge in [-0.15, -0.1) is 24.8 Å². The molecule has 2 atom stereocenters. The van der Waals surface area contributed by atoms with E-state index >= 15 is 0 Å². The van der Waals surface area contributed by atoms with Gasteiger partial charge in [-0.3, -0.25) is 9.78 Å². The first kappa shape index (κ1) is 23.6. The van der Waals surface area contributed by atoms with E-state index in [-0.39, 0.29) is 48.1 Å². The van der Waals surface area contributed by atoms with Crippen LogP contribution >= 0.6 is 24.8 Å². The Hall–Kier alpha value is -1.70. The van der Waals surface area contributed by atoms with Gasteiger partial charge in [-0.2, -0.15) is 4.98 Å². The highest BCUT2D eigenvalue weighted by atomic mass is 35.5. The first-order valence-corrected chi connectivity index (χ1v) is 9.87. The highest BCUT2D eigenvalue weighted by Gasteiger charge is 2.40. The minimum absolute atomic E-state index is 0. The van der Waals surface area contributed by atoms with E-state index in [0.717, 1.165) is 51.6 Å². The third-order valence-electron chi connectivity index (χ3n) is 6.04. The SMILES string of the molecule is CC1(N)CCCCC1C(=O)N1CCC(c2nc(-c3ccccn3)no2)CC1.Cl.Cl. The number of rotatable bonds is 3. The quantitative estimate of drug-likeness (QED) is 0.780. The van der Waals surface area contributed by atoms with Gasteiger partial charge in [0.15, 0.2) is 0 Å². The Bertz CT molecular complexity index is 791. The molecule has 160 valence electrons. The van der Waals surface area contributed by atoms with E-state index < -0.39 is 0 Å². The fourth-order valence-corrected chi connectivity index (χ4v) is 4.33. The van der Waals surface area contributed by atoms with E-state index in [9.17, 15) is 4.79 Å². The second kappa shape index (κ2) is 9.87. The topological polar surface area (TPSA) is 98.1 Å². The number of carbonyl (C=O) groups excluding carboxylic acids is 1. The molecule has 0 spiro atoms. The summed E-state index contributed by atoms with van der Waals surface area (Å²) < 4.78 is 5.48. The van der Waals surface area contributed by atoms with Crippen molar-refractivity contribution in [3.8, 4) is 11.5 Å². The van der Waals surface area contributed by atoms with Gasteiger partial charge in [-0.05, 0) is 44.7 Å². The summed E-state index contributed by atoms with van der Waals surface area (Å²) in [7, 11) is 0. The Kier molecular flexibility index (Phi) is 8.02. The molecular weight excluding hydrogens is 413 g/mol. The van der Waals surface area contributed by atoms with Gasteiger partial charge in [0.1, 0.15) is 5.69 Å². The van der Waals surface area contributed by atoms with Crippen LogP contribution in [0, 0.1) is 5.92 Å². The minimum Gasteiger partial charge on any atom is -0.342 e. The van der Waals surface area contributed by atoms with Gasteiger partial charge in [-0.25, -0.2) is 0 Å². The van der Waals surface area contributed by atoms with Crippen LogP contribution in [0.5, 0.6) is 0 Å². The molecule has 3 heterocycles. The van der Waals surface area contributed by atoms with Crippen LogP contribution in [0.3, 0.4) is 0 Å². The summed E-state index contributed by atoms with van der Waals surface area (Å²) in [6.45, 7) is 3.47. The molecule has 4 rings (SSSR count).